The van der Waals surface area contributed by atoms with E-state index in [9.17, 15) is 19.5 Å². The lowest BCUT2D eigenvalue weighted by molar-refractivity contribution is -0.136. The van der Waals surface area contributed by atoms with E-state index < -0.39 is 18.4 Å². The monoisotopic (exact) mass is 424 g/mol. The van der Waals surface area contributed by atoms with E-state index in [1.807, 2.05) is 32.0 Å². The highest BCUT2D eigenvalue weighted by Crippen LogP contribution is 2.45. The number of thiocarbonyl (C=S) groups is 1. The number of carboxylic acids is 1. The maximum atomic E-state index is 13.3. The van der Waals surface area contributed by atoms with E-state index in [1.165, 1.54) is 9.80 Å². The van der Waals surface area contributed by atoms with Crippen LogP contribution in [0.1, 0.15) is 16.7 Å². The zero-order valence-corrected chi connectivity index (χ0v) is 17.3. The Hall–Kier alpha value is -2.97. The molecule has 6 nitrogen and oxygen atoms in total. The van der Waals surface area contributed by atoms with Crippen molar-refractivity contribution in [2.75, 3.05) is 16.3 Å². The predicted molar refractivity (Wildman–Crippen MR) is 117 cm³/mol. The van der Waals surface area contributed by atoms with Gasteiger partial charge in [-0.3, -0.25) is 24.2 Å². The first-order valence-electron chi connectivity index (χ1n) is 8.81. The van der Waals surface area contributed by atoms with Crippen LogP contribution in [0.15, 0.2) is 47.4 Å². The SMILES string of the molecule is Cc1cccc(N2C(=O)C(=C3C(=O)N(CC(=O)O)c4ccccc43)SC2=S)c1C. The van der Waals surface area contributed by atoms with Gasteiger partial charge in [-0.1, -0.05) is 54.3 Å². The summed E-state index contributed by atoms with van der Waals surface area (Å²) >= 11 is 6.54. The lowest BCUT2D eigenvalue weighted by Gasteiger charge is -2.18. The molecule has 146 valence electrons. The van der Waals surface area contributed by atoms with Crippen LogP contribution in [0.2, 0.25) is 0 Å². The average molecular weight is 425 g/mol. The van der Waals surface area contributed by atoms with Crippen molar-refractivity contribution in [3.05, 3.63) is 64.1 Å². The Morgan fingerprint density at radius 3 is 2.45 bits per heavy atom. The third kappa shape index (κ3) is 3.04. The molecule has 0 unspecified atom stereocenters. The minimum atomic E-state index is -1.13. The van der Waals surface area contributed by atoms with Crippen LogP contribution in [0.5, 0.6) is 0 Å². The molecule has 8 heteroatoms. The average Bonchev–Trinajstić information content (AvgIpc) is 3.11. The van der Waals surface area contributed by atoms with Gasteiger partial charge in [0.1, 0.15) is 6.54 Å². The van der Waals surface area contributed by atoms with Gasteiger partial charge < -0.3 is 5.11 Å². The van der Waals surface area contributed by atoms with Crippen LogP contribution in [0.3, 0.4) is 0 Å². The minimum absolute atomic E-state index is 0.201. The molecule has 29 heavy (non-hydrogen) atoms. The fraction of sp³-hybridized carbons (Fsp3) is 0.143. The Labute approximate surface area is 176 Å². The molecule has 2 aliphatic heterocycles. The van der Waals surface area contributed by atoms with Gasteiger partial charge in [0.25, 0.3) is 11.8 Å². The lowest BCUT2D eigenvalue weighted by atomic mass is 10.1. The summed E-state index contributed by atoms with van der Waals surface area (Å²) in [6, 6.07) is 12.5. The van der Waals surface area contributed by atoms with Crippen LogP contribution in [0.25, 0.3) is 5.57 Å². The van der Waals surface area contributed by atoms with Crippen molar-refractivity contribution in [3.8, 4) is 0 Å². The Kier molecular flexibility index (Phi) is 4.76. The Bertz CT molecular complexity index is 1140. The third-order valence-corrected chi connectivity index (χ3v) is 6.40. The van der Waals surface area contributed by atoms with E-state index in [2.05, 4.69) is 0 Å². The Morgan fingerprint density at radius 2 is 1.72 bits per heavy atom. The number of hydrogen-bond donors (Lipinski definition) is 1. The molecule has 0 radical (unpaired) electrons. The van der Waals surface area contributed by atoms with Crippen LogP contribution >= 0.6 is 24.0 Å². The van der Waals surface area contributed by atoms with Gasteiger partial charge in [0, 0.05) is 5.56 Å². The van der Waals surface area contributed by atoms with Crippen LogP contribution in [0.4, 0.5) is 11.4 Å². The number of amides is 2. The van der Waals surface area contributed by atoms with Gasteiger partial charge >= 0.3 is 5.97 Å². The molecule has 0 bridgehead atoms. The van der Waals surface area contributed by atoms with E-state index in [4.69, 9.17) is 12.2 Å². The molecular formula is C21H16N2O4S2. The zero-order chi connectivity index (χ0) is 20.9. The maximum Gasteiger partial charge on any atom is 0.323 e. The number of anilines is 2. The van der Waals surface area contributed by atoms with Crippen LogP contribution in [0, 0.1) is 13.8 Å². The molecule has 2 aromatic rings. The summed E-state index contributed by atoms with van der Waals surface area (Å²) in [6.07, 6.45) is 0. The van der Waals surface area contributed by atoms with E-state index >= 15 is 0 Å². The van der Waals surface area contributed by atoms with Crippen molar-refractivity contribution >= 4 is 63.0 Å². The molecular weight excluding hydrogens is 408 g/mol. The highest BCUT2D eigenvalue weighted by molar-refractivity contribution is 8.27. The number of hydrogen-bond acceptors (Lipinski definition) is 5. The molecule has 0 atom stereocenters. The van der Waals surface area contributed by atoms with Crippen molar-refractivity contribution in [2.24, 2.45) is 0 Å². The predicted octanol–water partition coefficient (Wildman–Crippen LogP) is 3.51. The number of nitrogens with zero attached hydrogens (tertiary/aromatic N) is 2. The number of benzene rings is 2. The molecule has 2 amide bonds. The van der Waals surface area contributed by atoms with Crippen molar-refractivity contribution < 1.29 is 19.5 Å². The fourth-order valence-corrected chi connectivity index (χ4v) is 4.85. The van der Waals surface area contributed by atoms with Gasteiger partial charge in [0.2, 0.25) is 0 Å². The van der Waals surface area contributed by atoms with Gasteiger partial charge in [0.05, 0.1) is 21.9 Å². The highest BCUT2D eigenvalue weighted by Gasteiger charge is 2.43. The standard InChI is InChI=1S/C21H16N2O4S2/c1-11-6-5-9-14(12(11)2)23-20(27)18(29-21(23)28)17-13-7-3-4-8-15(13)22(19(17)26)10-16(24)25/h3-9H,10H2,1-2H3,(H,24,25). The quantitative estimate of drug-likeness (QED) is 0.600. The first-order chi connectivity index (χ1) is 13.8. The summed E-state index contributed by atoms with van der Waals surface area (Å²) in [4.78, 5) is 40.5. The van der Waals surface area contributed by atoms with Crippen molar-refractivity contribution in [2.45, 2.75) is 13.8 Å². The second kappa shape index (κ2) is 7.13. The van der Waals surface area contributed by atoms with Crippen LogP contribution in [-0.2, 0) is 14.4 Å². The number of fused-ring (bicyclic) bond motifs is 1. The van der Waals surface area contributed by atoms with Crippen LogP contribution in [-0.4, -0.2) is 33.8 Å². The van der Waals surface area contributed by atoms with Crippen LogP contribution < -0.4 is 9.80 Å². The summed E-state index contributed by atoms with van der Waals surface area (Å²) in [5, 5.41) is 9.20. The smallest absolute Gasteiger partial charge is 0.323 e. The minimum Gasteiger partial charge on any atom is -0.480 e. The second-order valence-electron chi connectivity index (χ2n) is 6.73. The maximum absolute atomic E-state index is 13.3. The fourth-order valence-electron chi connectivity index (χ4n) is 3.50. The third-order valence-electron chi connectivity index (χ3n) is 5.03. The molecule has 0 spiro atoms. The topological polar surface area (TPSA) is 77.9 Å². The molecule has 2 aliphatic rings. The highest BCUT2D eigenvalue weighted by atomic mass is 32.2. The molecule has 0 saturated carbocycles. The van der Waals surface area contributed by atoms with Gasteiger partial charge in [-0.2, -0.15) is 0 Å². The number of thioether (sulfide) groups is 1. The van der Waals surface area contributed by atoms with E-state index in [0.29, 0.717) is 21.3 Å². The van der Waals surface area contributed by atoms with Gasteiger partial charge in [0.15, 0.2) is 4.32 Å². The van der Waals surface area contributed by atoms with Crippen molar-refractivity contribution in [3.63, 3.8) is 0 Å². The van der Waals surface area contributed by atoms with Crippen molar-refractivity contribution in [1.82, 2.24) is 0 Å². The molecule has 0 aromatic heterocycles. The van der Waals surface area contributed by atoms with E-state index in [0.717, 1.165) is 22.9 Å². The van der Waals surface area contributed by atoms with E-state index in [1.54, 1.807) is 24.3 Å². The summed E-state index contributed by atoms with van der Waals surface area (Å²) < 4.78 is 0.341. The number of aliphatic carboxylic acids is 1. The number of carboxylic acid groups (broad SMARTS) is 1. The molecule has 1 N–H and O–H groups in total. The van der Waals surface area contributed by atoms with Crippen molar-refractivity contribution in [1.29, 1.82) is 0 Å². The molecule has 2 aromatic carbocycles. The molecule has 4 rings (SSSR count). The first-order valence-corrected chi connectivity index (χ1v) is 10.0. The Morgan fingerprint density at radius 1 is 1.03 bits per heavy atom. The first kappa shape index (κ1) is 19.4. The molecule has 2 heterocycles. The van der Waals surface area contributed by atoms with Gasteiger partial charge in [-0.15, -0.1) is 0 Å². The number of carbonyl (C=O) groups is 3. The molecule has 1 fully saturated rings. The lowest BCUT2D eigenvalue weighted by Crippen LogP contribution is -2.33. The summed E-state index contributed by atoms with van der Waals surface area (Å²) in [7, 11) is 0. The molecule has 1 saturated heterocycles. The summed E-state index contributed by atoms with van der Waals surface area (Å²) in [6.45, 7) is 3.40. The summed E-state index contributed by atoms with van der Waals surface area (Å²) in [5.41, 5.74) is 3.86. The number of aryl methyl sites for hydroxylation is 1. The zero-order valence-electron chi connectivity index (χ0n) is 15.6. The largest absolute Gasteiger partial charge is 0.480 e. The number of rotatable bonds is 3. The van der Waals surface area contributed by atoms with E-state index in [-0.39, 0.29) is 16.4 Å². The Balaban J connectivity index is 1.85. The summed E-state index contributed by atoms with van der Waals surface area (Å²) in [5.74, 6) is -2.00. The second-order valence-corrected chi connectivity index (χ2v) is 8.38. The van der Waals surface area contributed by atoms with Gasteiger partial charge in [-0.05, 0) is 37.1 Å². The molecule has 0 aliphatic carbocycles. The van der Waals surface area contributed by atoms with Gasteiger partial charge in [-0.25, -0.2) is 0 Å². The number of carbonyl (C=O) groups excluding carboxylic acids is 2. The normalized spacial score (nSPS) is 18.6. The number of para-hydroxylation sites is 1.